The summed E-state index contributed by atoms with van der Waals surface area (Å²) in [6.45, 7) is 0. The molecule has 0 N–H and O–H groups in total. The van der Waals surface area contributed by atoms with Crippen LogP contribution in [0.1, 0.15) is 0 Å². The van der Waals surface area contributed by atoms with Crippen LogP contribution in [0, 0.1) is 0 Å². The van der Waals surface area contributed by atoms with E-state index in [0.29, 0.717) is 0 Å². The van der Waals surface area contributed by atoms with Gasteiger partial charge in [-0.15, -0.1) is 0 Å². The summed E-state index contributed by atoms with van der Waals surface area (Å²) in [4.78, 5) is 0. The molecule has 17 heavy (non-hydrogen) atoms. The van der Waals surface area contributed by atoms with E-state index in [1.807, 2.05) is 0 Å². The zero-order valence-corrected chi connectivity index (χ0v) is 18.3. The van der Waals surface area contributed by atoms with E-state index in [0.717, 1.165) is 0 Å². The SMILES string of the molecule is CSN(SC)[C](=S)[Zn]1([C](=S)N(SC)SC)[CH2][CH2]1. The Morgan fingerprint density at radius 1 is 0.824 bits per heavy atom. The van der Waals surface area contributed by atoms with E-state index in [2.05, 4.69) is 32.4 Å². The average Bonchev–Trinajstić information content (AvgIpc) is 3.13. The summed E-state index contributed by atoms with van der Waals surface area (Å²) in [7, 11) is 0. The first-order valence-corrected chi connectivity index (χ1v) is 18.1. The Kier molecular flexibility index (Phi) is 7.49. The monoisotopic (exact) mass is 396 g/mol. The summed E-state index contributed by atoms with van der Waals surface area (Å²) in [5, 5.41) is 2.60. The minimum atomic E-state index is -2.55. The van der Waals surface area contributed by atoms with Crippen LogP contribution in [-0.4, -0.2) is 39.6 Å². The van der Waals surface area contributed by atoms with Gasteiger partial charge >= 0.3 is 137 Å². The van der Waals surface area contributed by atoms with Gasteiger partial charge in [0.25, 0.3) is 0 Å². The maximum absolute atomic E-state index is 5.71. The first-order chi connectivity index (χ1) is 8.07. The first kappa shape index (κ1) is 16.9. The predicted molar refractivity (Wildman–Crippen MR) is 92.5 cm³/mol. The van der Waals surface area contributed by atoms with Crippen molar-refractivity contribution in [3.05, 3.63) is 0 Å². The zero-order valence-electron chi connectivity index (χ0n) is 10.5. The molecule has 1 saturated heterocycles. The molecule has 0 bridgehead atoms. The van der Waals surface area contributed by atoms with Gasteiger partial charge in [-0.05, 0) is 0 Å². The molecule has 9 heteroatoms. The topological polar surface area (TPSA) is 6.48 Å². The van der Waals surface area contributed by atoms with Crippen molar-refractivity contribution in [3.8, 4) is 0 Å². The maximum atomic E-state index is 5.71. The molecule has 1 rings (SSSR count). The van der Waals surface area contributed by atoms with Crippen LogP contribution in [0.5, 0.6) is 0 Å². The second-order valence-electron chi connectivity index (χ2n) is 4.27. The van der Waals surface area contributed by atoms with Gasteiger partial charge in [-0.1, -0.05) is 0 Å². The van der Waals surface area contributed by atoms with Gasteiger partial charge in [0.15, 0.2) is 0 Å². The fraction of sp³-hybridized carbons (Fsp3) is 0.750. The Bertz CT molecular complexity index is 274. The molecule has 0 spiro atoms. The fourth-order valence-electron chi connectivity index (χ4n) is 2.03. The van der Waals surface area contributed by atoms with Crippen LogP contribution in [0.3, 0.4) is 0 Å². The van der Waals surface area contributed by atoms with Crippen LogP contribution < -0.4 is 0 Å². The molecule has 0 amide bonds. The van der Waals surface area contributed by atoms with Gasteiger partial charge in [0.05, 0.1) is 0 Å². The van der Waals surface area contributed by atoms with E-state index < -0.39 is 14.8 Å². The summed E-state index contributed by atoms with van der Waals surface area (Å²) >= 11 is 15.7. The summed E-state index contributed by atoms with van der Waals surface area (Å²) in [5.74, 6) is 0. The van der Waals surface area contributed by atoms with Gasteiger partial charge in [0, 0.05) is 0 Å². The van der Waals surface area contributed by atoms with Crippen LogP contribution in [-0.2, 0) is 14.8 Å². The fourth-order valence-corrected chi connectivity index (χ4v) is 29.9. The normalized spacial score (nSPS) is 14.6. The van der Waals surface area contributed by atoms with Crippen LogP contribution in [0.15, 0.2) is 0 Å². The van der Waals surface area contributed by atoms with Crippen molar-refractivity contribution in [2.24, 2.45) is 0 Å². The van der Waals surface area contributed by atoms with Crippen LogP contribution in [0.2, 0.25) is 10.0 Å². The molecule has 0 unspecified atom stereocenters. The van der Waals surface area contributed by atoms with Gasteiger partial charge in [-0.2, -0.15) is 0 Å². The molecule has 2 nitrogen and oxygen atoms in total. The summed E-state index contributed by atoms with van der Waals surface area (Å²) < 4.78 is 6.75. The van der Waals surface area contributed by atoms with Crippen LogP contribution in [0.4, 0.5) is 0 Å². The second-order valence-corrected chi connectivity index (χ2v) is 22.9. The molecule has 0 aliphatic carbocycles. The van der Waals surface area contributed by atoms with Crippen molar-refractivity contribution in [1.82, 2.24) is 7.42 Å². The molecule has 0 aromatic rings. The van der Waals surface area contributed by atoms with E-state index in [-0.39, 0.29) is 0 Å². The zero-order chi connectivity index (χ0) is 13.1. The Balaban J connectivity index is 2.81. The molecule has 0 saturated carbocycles. The Hall–Kier alpha value is 1.80. The van der Waals surface area contributed by atoms with Gasteiger partial charge in [0.2, 0.25) is 0 Å². The van der Waals surface area contributed by atoms with E-state index in [9.17, 15) is 0 Å². The van der Waals surface area contributed by atoms with Crippen LogP contribution >= 0.6 is 72.2 Å². The van der Waals surface area contributed by atoms with Gasteiger partial charge in [0.1, 0.15) is 0 Å². The first-order valence-electron chi connectivity index (χ1n) is 5.43. The van der Waals surface area contributed by atoms with Gasteiger partial charge in [-0.3, -0.25) is 0 Å². The van der Waals surface area contributed by atoms with Crippen molar-refractivity contribution in [2.75, 3.05) is 25.0 Å². The minimum absolute atomic E-state index is 1.19. The standard InChI is InChI=1S/2C3H6NS3.C2H4.Zn/c2*1-6-4(3-5)7-2;1-2;/h2*1-2H3;1-2H2;. The third-order valence-electron chi connectivity index (χ3n) is 3.29. The third-order valence-corrected chi connectivity index (χ3v) is 26.4. The Labute approximate surface area is 135 Å². The van der Waals surface area contributed by atoms with E-state index in [1.165, 1.54) is 17.2 Å². The van der Waals surface area contributed by atoms with E-state index in [1.54, 1.807) is 47.8 Å². The Morgan fingerprint density at radius 2 is 1.12 bits per heavy atom. The predicted octanol–water partition coefficient (Wildman–Crippen LogP) is 4.28. The number of rotatable bonds is 6. The quantitative estimate of drug-likeness (QED) is 0.367. The van der Waals surface area contributed by atoms with Crippen molar-refractivity contribution in [2.45, 2.75) is 10.0 Å². The molecule has 0 radical (unpaired) electrons. The van der Waals surface area contributed by atoms with Crippen LogP contribution in [0.25, 0.3) is 0 Å². The van der Waals surface area contributed by atoms with Gasteiger partial charge in [-0.25, -0.2) is 0 Å². The van der Waals surface area contributed by atoms with E-state index in [4.69, 9.17) is 24.4 Å². The summed E-state index contributed by atoms with van der Waals surface area (Å²) in [6.07, 6.45) is 8.32. The molecule has 0 atom stereocenters. The van der Waals surface area contributed by atoms with Gasteiger partial charge < -0.3 is 0 Å². The summed E-state index contributed by atoms with van der Waals surface area (Å²) in [6, 6.07) is 0. The van der Waals surface area contributed by atoms with Crippen molar-refractivity contribution in [3.63, 3.8) is 0 Å². The molecule has 96 valence electrons. The van der Waals surface area contributed by atoms with Crippen molar-refractivity contribution in [1.29, 1.82) is 0 Å². The molecule has 1 heterocycles. The van der Waals surface area contributed by atoms with E-state index >= 15 is 0 Å². The van der Waals surface area contributed by atoms with Crippen molar-refractivity contribution >= 4 is 79.4 Å². The number of hydrogen-bond donors (Lipinski definition) is 0. The second kappa shape index (κ2) is 7.55. The molecular formula is C8H16N2S6Zn. The molecular weight excluding hydrogens is 382 g/mol. The van der Waals surface area contributed by atoms with Crippen molar-refractivity contribution < 1.29 is 14.8 Å². The third kappa shape index (κ3) is 3.67. The average molecular weight is 398 g/mol. The summed E-state index contributed by atoms with van der Waals surface area (Å²) in [5.41, 5.74) is 0. The molecule has 1 aliphatic heterocycles. The molecule has 0 aromatic carbocycles. The number of nitrogens with zero attached hydrogens (tertiary/aromatic N) is 2. The number of thiocarbonyl (C=S) groups is 2. The molecule has 1 aliphatic rings. The molecule has 0 aromatic heterocycles. The number of hydrogen-bond acceptors (Lipinski definition) is 6. The Morgan fingerprint density at radius 3 is 1.29 bits per heavy atom. The molecule has 1 fully saturated rings.